The van der Waals surface area contributed by atoms with Gasteiger partial charge in [-0.25, -0.2) is 15.0 Å². The molecule has 0 saturated heterocycles. The summed E-state index contributed by atoms with van der Waals surface area (Å²) >= 11 is 17.0. The monoisotopic (exact) mass is 402 g/mol. The van der Waals surface area contributed by atoms with Crippen LogP contribution in [-0.2, 0) is 6.42 Å². The number of hydrogen-bond donors (Lipinski definition) is 1. The molecule has 3 aromatic heterocycles. The van der Waals surface area contributed by atoms with Crippen LogP contribution >= 0.6 is 58.1 Å². The first-order valence-corrected chi connectivity index (χ1v) is 10.4. The summed E-state index contributed by atoms with van der Waals surface area (Å²) in [7, 11) is 0. The highest BCUT2D eigenvalue weighted by molar-refractivity contribution is 7.99. The van der Waals surface area contributed by atoms with Crippen molar-refractivity contribution in [3.05, 3.63) is 33.4 Å². The summed E-state index contributed by atoms with van der Waals surface area (Å²) in [6.45, 7) is 0. The smallest absolute Gasteiger partial charge is 0.190 e. The lowest BCUT2D eigenvalue weighted by Crippen LogP contribution is -1.98. The summed E-state index contributed by atoms with van der Waals surface area (Å²) < 4.78 is 0.928. The van der Waals surface area contributed by atoms with Gasteiger partial charge in [-0.05, 0) is 18.7 Å². The first-order chi connectivity index (χ1) is 11.1. The van der Waals surface area contributed by atoms with Crippen molar-refractivity contribution in [2.45, 2.75) is 16.6 Å². The molecule has 9 heteroatoms. The van der Waals surface area contributed by atoms with E-state index in [0.717, 1.165) is 33.0 Å². The van der Waals surface area contributed by atoms with Crippen LogP contribution in [0.5, 0.6) is 0 Å². The number of aromatic nitrogens is 3. The number of thioether (sulfide) groups is 2. The van der Waals surface area contributed by atoms with Crippen LogP contribution in [0.4, 0.5) is 5.82 Å². The highest BCUT2D eigenvalue weighted by Gasteiger charge is 2.10. The number of anilines is 1. The summed E-state index contributed by atoms with van der Waals surface area (Å²) in [5, 5.41) is 5.60. The number of nitrogen functional groups attached to an aromatic ring is 1. The quantitative estimate of drug-likeness (QED) is 0.279. The van der Waals surface area contributed by atoms with Crippen molar-refractivity contribution in [1.82, 2.24) is 15.0 Å². The van der Waals surface area contributed by atoms with E-state index in [1.807, 2.05) is 17.7 Å². The normalized spacial score (nSPS) is 11.3. The average molecular weight is 403 g/mol. The van der Waals surface area contributed by atoms with Crippen molar-refractivity contribution in [3.8, 4) is 0 Å². The van der Waals surface area contributed by atoms with Gasteiger partial charge in [-0.1, -0.05) is 35.0 Å². The van der Waals surface area contributed by atoms with Crippen molar-refractivity contribution in [2.75, 3.05) is 17.7 Å². The summed E-state index contributed by atoms with van der Waals surface area (Å²) in [4.78, 5) is 13.1. The summed E-state index contributed by atoms with van der Waals surface area (Å²) in [6, 6.07) is 3.76. The minimum atomic E-state index is 0.486. The Labute approximate surface area is 156 Å². The van der Waals surface area contributed by atoms with E-state index in [1.165, 1.54) is 11.3 Å². The predicted molar refractivity (Wildman–Crippen MR) is 102 cm³/mol. The second-order valence-corrected chi connectivity index (χ2v) is 8.11. The van der Waals surface area contributed by atoms with Gasteiger partial charge in [0.1, 0.15) is 16.0 Å². The van der Waals surface area contributed by atoms with E-state index >= 15 is 0 Å². The van der Waals surface area contributed by atoms with Crippen molar-refractivity contribution in [1.29, 1.82) is 0 Å². The fourth-order valence-corrected chi connectivity index (χ4v) is 4.75. The van der Waals surface area contributed by atoms with Crippen LogP contribution in [0.2, 0.25) is 10.2 Å². The van der Waals surface area contributed by atoms with Gasteiger partial charge >= 0.3 is 0 Å². The van der Waals surface area contributed by atoms with Crippen LogP contribution in [0, 0.1) is 0 Å². The minimum Gasteiger partial charge on any atom is -0.384 e. The molecule has 3 rings (SSSR count). The van der Waals surface area contributed by atoms with E-state index in [-0.39, 0.29) is 0 Å². The minimum absolute atomic E-state index is 0.486. The molecule has 0 aliphatic heterocycles. The van der Waals surface area contributed by atoms with Crippen LogP contribution in [0.3, 0.4) is 0 Å². The van der Waals surface area contributed by atoms with E-state index in [1.54, 1.807) is 29.6 Å². The second-order valence-electron chi connectivity index (χ2n) is 4.58. The van der Waals surface area contributed by atoms with Gasteiger partial charge in [0.05, 0.1) is 9.72 Å². The highest BCUT2D eigenvalue weighted by Crippen LogP contribution is 2.34. The number of nitrogens with zero attached hydrogens (tertiary/aromatic N) is 3. The number of rotatable bonds is 5. The largest absolute Gasteiger partial charge is 0.384 e. The molecule has 0 aromatic carbocycles. The summed E-state index contributed by atoms with van der Waals surface area (Å²) in [5.41, 5.74) is 6.69. The number of hydrogen-bond acceptors (Lipinski definition) is 7. The first-order valence-electron chi connectivity index (χ1n) is 6.60. The average Bonchev–Trinajstić information content (AvgIpc) is 2.89. The number of pyridine rings is 1. The Hall–Kier alpha value is -0.730. The molecule has 0 aliphatic rings. The molecule has 23 heavy (non-hydrogen) atoms. The van der Waals surface area contributed by atoms with E-state index in [0.29, 0.717) is 21.2 Å². The van der Waals surface area contributed by atoms with Crippen LogP contribution < -0.4 is 5.73 Å². The fourth-order valence-electron chi connectivity index (χ4n) is 1.98. The first kappa shape index (κ1) is 17.1. The highest BCUT2D eigenvalue weighted by atomic mass is 35.5. The molecule has 2 N–H and O–H groups in total. The summed E-state index contributed by atoms with van der Waals surface area (Å²) in [6.07, 6.45) is 2.71. The molecule has 0 bridgehead atoms. The molecule has 120 valence electrons. The molecule has 0 saturated carbocycles. The molecule has 3 aromatic rings. The molecule has 0 fully saturated rings. The van der Waals surface area contributed by atoms with E-state index in [2.05, 4.69) is 15.0 Å². The van der Waals surface area contributed by atoms with Crippen molar-refractivity contribution in [2.24, 2.45) is 0 Å². The third-order valence-corrected chi connectivity index (χ3v) is 6.33. The second kappa shape index (κ2) is 7.44. The van der Waals surface area contributed by atoms with E-state index in [9.17, 15) is 0 Å². The Morgan fingerprint density at radius 2 is 2.04 bits per heavy atom. The molecule has 0 unspecified atom stereocenters. The maximum absolute atomic E-state index is 6.22. The van der Waals surface area contributed by atoms with Gasteiger partial charge in [-0.3, -0.25) is 0 Å². The maximum Gasteiger partial charge on any atom is 0.190 e. The third-order valence-electron chi connectivity index (χ3n) is 3.02. The zero-order chi connectivity index (χ0) is 16.4. The standard InChI is InChI=1S/C14H12Cl2N4S3/c1-21-11-5-10(17)19-14(20-11)22-3-2-7-4-8-9(15)6-23-12(8)13(16)18-7/h4-6H,2-3H2,1H3,(H2,17,19,20). The molecular formula is C14H12Cl2N4S3. The van der Waals surface area contributed by atoms with Gasteiger partial charge in [0.2, 0.25) is 0 Å². The van der Waals surface area contributed by atoms with Crippen LogP contribution in [0.25, 0.3) is 10.1 Å². The van der Waals surface area contributed by atoms with Crippen LogP contribution in [0.1, 0.15) is 5.69 Å². The summed E-state index contributed by atoms with van der Waals surface area (Å²) in [5.74, 6) is 1.27. The molecule has 3 heterocycles. The molecule has 0 spiro atoms. The number of halogens is 2. The number of nitrogens with two attached hydrogens (primary N) is 1. The van der Waals surface area contributed by atoms with Gasteiger partial charge in [0.15, 0.2) is 5.16 Å². The Morgan fingerprint density at radius 3 is 2.83 bits per heavy atom. The van der Waals surface area contributed by atoms with Gasteiger partial charge in [0, 0.05) is 28.3 Å². The third kappa shape index (κ3) is 4.03. The zero-order valence-electron chi connectivity index (χ0n) is 12.0. The number of thiophene rings is 1. The van der Waals surface area contributed by atoms with Crippen molar-refractivity contribution in [3.63, 3.8) is 0 Å². The predicted octanol–water partition coefficient (Wildman–Crippen LogP) is 5.03. The van der Waals surface area contributed by atoms with Gasteiger partial charge in [0.25, 0.3) is 0 Å². The fraction of sp³-hybridized carbons (Fsp3) is 0.214. The SMILES string of the molecule is CSc1cc(N)nc(SCCc2cc3c(Cl)csc3c(Cl)n2)n1. The van der Waals surface area contributed by atoms with E-state index < -0.39 is 0 Å². The molecule has 0 aliphatic carbocycles. The topological polar surface area (TPSA) is 64.7 Å². The van der Waals surface area contributed by atoms with Gasteiger partial charge in [-0.15, -0.1) is 23.1 Å². The van der Waals surface area contributed by atoms with Crippen LogP contribution in [0.15, 0.2) is 27.7 Å². The molecule has 0 radical (unpaired) electrons. The van der Waals surface area contributed by atoms with E-state index in [4.69, 9.17) is 28.9 Å². The Kier molecular flexibility index (Phi) is 5.53. The maximum atomic E-state index is 6.22. The lowest BCUT2D eigenvalue weighted by Gasteiger charge is -2.05. The van der Waals surface area contributed by atoms with Crippen molar-refractivity contribution >= 4 is 74.0 Å². The van der Waals surface area contributed by atoms with Gasteiger partial charge in [-0.2, -0.15) is 0 Å². The number of aryl methyl sites for hydroxylation is 1. The molecule has 0 amide bonds. The van der Waals surface area contributed by atoms with Crippen molar-refractivity contribution < 1.29 is 0 Å². The van der Waals surface area contributed by atoms with Gasteiger partial charge < -0.3 is 5.73 Å². The Morgan fingerprint density at radius 1 is 1.22 bits per heavy atom. The lowest BCUT2D eigenvalue weighted by atomic mass is 10.2. The number of fused-ring (bicyclic) bond motifs is 1. The Bertz CT molecular complexity index is 853. The van der Waals surface area contributed by atoms with Crippen LogP contribution in [-0.4, -0.2) is 27.0 Å². The zero-order valence-corrected chi connectivity index (χ0v) is 16.0. The molecule has 0 atom stereocenters. The molecule has 4 nitrogen and oxygen atoms in total. The Balaban J connectivity index is 1.71. The lowest BCUT2D eigenvalue weighted by molar-refractivity contribution is 0.898. The molecular weight excluding hydrogens is 391 g/mol.